The summed E-state index contributed by atoms with van der Waals surface area (Å²) < 4.78 is 0. The van der Waals surface area contributed by atoms with Crippen molar-refractivity contribution in [2.45, 2.75) is 26.2 Å². The maximum Gasteiger partial charge on any atom is 0.246 e. The third-order valence-corrected chi connectivity index (χ3v) is 5.23. The average Bonchev–Trinajstić information content (AvgIpc) is 3.28. The van der Waals surface area contributed by atoms with E-state index in [2.05, 4.69) is 30.2 Å². The Labute approximate surface area is 175 Å². The van der Waals surface area contributed by atoms with Gasteiger partial charge in [-0.25, -0.2) is 19.9 Å². The number of piperidine rings is 1. The summed E-state index contributed by atoms with van der Waals surface area (Å²) in [7, 11) is 0. The van der Waals surface area contributed by atoms with Crippen molar-refractivity contribution in [1.82, 2.24) is 29.8 Å². The van der Waals surface area contributed by atoms with Crippen LogP contribution in [-0.4, -0.2) is 48.8 Å². The summed E-state index contributed by atoms with van der Waals surface area (Å²) in [5.74, 6) is 1.93. The summed E-state index contributed by atoms with van der Waals surface area (Å²) in [6.07, 6.45) is 12.9. The van der Waals surface area contributed by atoms with Crippen LogP contribution in [0.2, 0.25) is 0 Å². The van der Waals surface area contributed by atoms with E-state index in [1.807, 2.05) is 30.0 Å². The number of imidazole rings is 1. The molecular weight excluding hydrogens is 378 g/mol. The van der Waals surface area contributed by atoms with Crippen LogP contribution in [-0.2, 0) is 11.2 Å². The van der Waals surface area contributed by atoms with Crippen LogP contribution in [0.3, 0.4) is 0 Å². The highest BCUT2D eigenvalue weighted by Gasteiger charge is 2.23. The summed E-state index contributed by atoms with van der Waals surface area (Å²) in [5, 5.41) is 3.26. The Balaban J connectivity index is 1.37. The van der Waals surface area contributed by atoms with Crippen LogP contribution < -0.4 is 5.32 Å². The first-order valence-corrected chi connectivity index (χ1v) is 10.1. The van der Waals surface area contributed by atoms with E-state index in [9.17, 15) is 4.79 Å². The fourth-order valence-electron chi connectivity index (χ4n) is 3.67. The van der Waals surface area contributed by atoms with Crippen LogP contribution in [0.4, 0.5) is 11.6 Å². The second kappa shape index (κ2) is 9.30. The Morgan fingerprint density at radius 1 is 1.37 bits per heavy atom. The lowest BCUT2D eigenvalue weighted by atomic mass is 9.93. The smallest absolute Gasteiger partial charge is 0.246 e. The number of carbonyl (C=O) groups is 1. The molecule has 1 saturated heterocycles. The molecule has 0 spiro atoms. The molecule has 8 nitrogen and oxygen atoms in total. The van der Waals surface area contributed by atoms with Crippen LogP contribution in [0.5, 0.6) is 0 Å². The summed E-state index contributed by atoms with van der Waals surface area (Å²) in [4.78, 5) is 34.5. The third-order valence-electron chi connectivity index (χ3n) is 5.23. The molecule has 4 rings (SSSR count). The van der Waals surface area contributed by atoms with E-state index in [4.69, 9.17) is 0 Å². The fraction of sp³-hybridized carbons (Fsp3) is 0.318. The number of anilines is 2. The second-order valence-corrected chi connectivity index (χ2v) is 7.53. The third kappa shape index (κ3) is 5.08. The number of nitrogens with one attached hydrogen (secondary N) is 2. The number of hydrogen-bond acceptors (Lipinski definition) is 6. The molecule has 1 atom stereocenters. The quantitative estimate of drug-likeness (QED) is 0.614. The van der Waals surface area contributed by atoms with Crippen molar-refractivity contribution >= 4 is 23.6 Å². The number of likely N-dealkylation sites (tertiary alicyclic amines) is 1. The maximum atomic E-state index is 12.5. The van der Waals surface area contributed by atoms with Gasteiger partial charge in [0.05, 0.1) is 18.2 Å². The highest BCUT2D eigenvalue weighted by Crippen LogP contribution is 2.22. The Bertz CT molecular complexity index is 1020. The van der Waals surface area contributed by atoms with Crippen LogP contribution in [0.1, 0.15) is 29.8 Å². The average molecular weight is 403 g/mol. The number of carbonyl (C=O) groups excluding carboxylic acids is 1. The first kappa shape index (κ1) is 19.8. The van der Waals surface area contributed by atoms with E-state index in [1.165, 1.54) is 0 Å². The maximum absolute atomic E-state index is 12.5. The molecule has 0 aliphatic carbocycles. The molecule has 1 aliphatic heterocycles. The zero-order valence-corrected chi connectivity index (χ0v) is 17.0. The normalized spacial score (nSPS) is 16.7. The van der Waals surface area contributed by atoms with E-state index in [-0.39, 0.29) is 5.91 Å². The predicted octanol–water partition coefficient (Wildman–Crippen LogP) is 3.14. The zero-order valence-electron chi connectivity index (χ0n) is 17.0. The minimum Gasteiger partial charge on any atom is -0.345 e. The Hall–Kier alpha value is -3.55. The Morgan fingerprint density at radius 3 is 3.13 bits per heavy atom. The van der Waals surface area contributed by atoms with Gasteiger partial charge in [0.25, 0.3) is 0 Å². The van der Waals surface area contributed by atoms with Crippen molar-refractivity contribution in [2.24, 2.45) is 5.92 Å². The number of aromatic amines is 1. The van der Waals surface area contributed by atoms with Crippen LogP contribution >= 0.6 is 0 Å². The molecule has 1 unspecified atom stereocenters. The van der Waals surface area contributed by atoms with Crippen molar-refractivity contribution in [3.63, 3.8) is 0 Å². The molecule has 1 fully saturated rings. The molecule has 154 valence electrons. The van der Waals surface area contributed by atoms with Gasteiger partial charge in [0.1, 0.15) is 18.0 Å². The van der Waals surface area contributed by atoms with Crippen molar-refractivity contribution in [2.75, 3.05) is 18.4 Å². The number of H-pyrrole nitrogens is 1. The predicted molar refractivity (Wildman–Crippen MR) is 115 cm³/mol. The van der Waals surface area contributed by atoms with Crippen molar-refractivity contribution in [3.05, 3.63) is 66.3 Å². The second-order valence-electron chi connectivity index (χ2n) is 7.53. The number of amides is 1. The van der Waals surface area contributed by atoms with Gasteiger partial charge in [0, 0.05) is 37.1 Å². The molecule has 0 bridgehead atoms. The van der Waals surface area contributed by atoms with E-state index in [1.54, 1.807) is 37.2 Å². The molecule has 8 heteroatoms. The highest BCUT2D eigenvalue weighted by molar-refractivity contribution is 5.91. The molecule has 0 saturated carbocycles. The molecule has 0 aromatic carbocycles. The van der Waals surface area contributed by atoms with Gasteiger partial charge in [-0.15, -0.1) is 0 Å². The zero-order chi connectivity index (χ0) is 20.8. The summed E-state index contributed by atoms with van der Waals surface area (Å²) in [6.45, 7) is 3.53. The number of aryl methyl sites for hydroxylation is 1. The van der Waals surface area contributed by atoms with E-state index >= 15 is 0 Å². The molecule has 3 aromatic rings. The number of aromatic nitrogens is 5. The van der Waals surface area contributed by atoms with Crippen molar-refractivity contribution in [3.8, 4) is 0 Å². The van der Waals surface area contributed by atoms with Crippen molar-refractivity contribution in [1.29, 1.82) is 0 Å². The molecular formula is C22H25N7O. The lowest BCUT2D eigenvalue weighted by Crippen LogP contribution is -2.39. The lowest BCUT2D eigenvalue weighted by molar-refractivity contribution is -0.127. The minimum atomic E-state index is 0.0324. The van der Waals surface area contributed by atoms with E-state index in [0.29, 0.717) is 5.92 Å². The van der Waals surface area contributed by atoms with E-state index in [0.717, 1.165) is 60.9 Å². The van der Waals surface area contributed by atoms with Gasteiger partial charge >= 0.3 is 0 Å². The van der Waals surface area contributed by atoms with Crippen molar-refractivity contribution < 1.29 is 4.79 Å². The van der Waals surface area contributed by atoms with Gasteiger partial charge in [-0.3, -0.25) is 4.79 Å². The Morgan fingerprint density at radius 2 is 2.30 bits per heavy atom. The van der Waals surface area contributed by atoms with Crippen LogP contribution in [0.15, 0.2) is 49.3 Å². The van der Waals surface area contributed by atoms with Gasteiger partial charge in [-0.2, -0.15) is 0 Å². The largest absolute Gasteiger partial charge is 0.345 e. The Kier molecular flexibility index (Phi) is 6.12. The highest BCUT2D eigenvalue weighted by atomic mass is 16.2. The van der Waals surface area contributed by atoms with E-state index < -0.39 is 0 Å². The fourth-order valence-corrected chi connectivity index (χ4v) is 3.67. The van der Waals surface area contributed by atoms with Crippen LogP contribution in [0.25, 0.3) is 6.08 Å². The number of nitrogens with zero attached hydrogens (tertiary/aromatic N) is 5. The number of pyridine rings is 1. The van der Waals surface area contributed by atoms with Crippen LogP contribution in [0, 0.1) is 12.8 Å². The molecule has 2 N–H and O–H groups in total. The number of hydrogen-bond donors (Lipinski definition) is 2. The summed E-state index contributed by atoms with van der Waals surface area (Å²) >= 11 is 0. The first-order chi connectivity index (χ1) is 14.7. The topological polar surface area (TPSA) is 99.7 Å². The summed E-state index contributed by atoms with van der Waals surface area (Å²) in [5.41, 5.74) is 2.84. The van der Waals surface area contributed by atoms with Gasteiger partial charge < -0.3 is 15.2 Å². The van der Waals surface area contributed by atoms with Gasteiger partial charge in [-0.05, 0) is 49.8 Å². The van der Waals surface area contributed by atoms with Gasteiger partial charge in [-0.1, -0.05) is 6.07 Å². The molecule has 4 heterocycles. The minimum absolute atomic E-state index is 0.0324. The van der Waals surface area contributed by atoms with Gasteiger partial charge in [0.2, 0.25) is 5.91 Å². The molecule has 1 amide bonds. The molecule has 1 aliphatic rings. The molecule has 0 radical (unpaired) electrons. The van der Waals surface area contributed by atoms with Gasteiger partial charge in [0.15, 0.2) is 0 Å². The SMILES string of the molecule is Cc1cccnc1Nc1cc(CC2CCCN(C(=O)/C=C/c3cnc[nH]3)C2)ncn1. The monoisotopic (exact) mass is 403 g/mol. The summed E-state index contributed by atoms with van der Waals surface area (Å²) in [6, 6.07) is 5.88. The molecule has 30 heavy (non-hydrogen) atoms. The standard InChI is InChI=1S/C22H25N7O/c1-16-4-2-8-24-22(16)28-20-11-19(26-15-27-20)10-17-5-3-9-29(13-17)21(30)7-6-18-12-23-14-25-18/h2,4,6-8,11-12,14-15,17H,3,5,9-10,13H2,1H3,(H,23,25)(H,24,26,27,28)/b7-6+. The lowest BCUT2D eigenvalue weighted by Gasteiger charge is -2.32. The first-order valence-electron chi connectivity index (χ1n) is 10.1. The number of rotatable bonds is 6. The molecule has 3 aromatic heterocycles.